The summed E-state index contributed by atoms with van der Waals surface area (Å²) >= 11 is 1.16. The molecule has 1 saturated heterocycles. The molecule has 0 radical (unpaired) electrons. The summed E-state index contributed by atoms with van der Waals surface area (Å²) in [7, 11) is -3.79. The van der Waals surface area contributed by atoms with Crippen molar-refractivity contribution in [1.82, 2.24) is 4.90 Å². The van der Waals surface area contributed by atoms with Gasteiger partial charge in [0.1, 0.15) is 11.4 Å². The van der Waals surface area contributed by atoms with E-state index in [4.69, 9.17) is 5.11 Å². The Bertz CT molecular complexity index is 915. The minimum atomic E-state index is -3.79. The Morgan fingerprint density at radius 2 is 1.72 bits per heavy atom. The second-order valence-corrected chi connectivity index (χ2v) is 9.65. The maximum atomic E-state index is 12.7. The monoisotopic (exact) mass is 446 g/mol. The van der Waals surface area contributed by atoms with Gasteiger partial charge in [-0.15, -0.1) is 11.8 Å². The molecular weight excluding hydrogens is 428 g/mol. The van der Waals surface area contributed by atoms with Crippen LogP contribution < -0.4 is 0 Å². The number of nitrogens with zero attached hydrogens (tertiary/aromatic N) is 2. The van der Waals surface area contributed by atoms with E-state index in [0.717, 1.165) is 16.7 Å². The fourth-order valence-corrected chi connectivity index (χ4v) is 5.35. The van der Waals surface area contributed by atoms with Crippen molar-refractivity contribution in [3.63, 3.8) is 0 Å². The quantitative estimate of drug-likeness (QED) is 0.410. The Balaban J connectivity index is 2.17. The molecule has 29 heavy (non-hydrogen) atoms. The number of nitro groups is 1. The lowest BCUT2D eigenvalue weighted by Gasteiger charge is -2.27. The van der Waals surface area contributed by atoms with Gasteiger partial charge in [-0.1, -0.05) is 0 Å². The number of benzene rings is 1. The number of aliphatic carboxylic acids is 2. The van der Waals surface area contributed by atoms with Gasteiger partial charge in [-0.25, -0.2) is 13.2 Å². The molecule has 1 aromatic carbocycles. The third-order valence-electron chi connectivity index (χ3n) is 4.22. The van der Waals surface area contributed by atoms with Crippen LogP contribution in [0.3, 0.4) is 0 Å². The first-order valence-electron chi connectivity index (χ1n) is 8.34. The van der Waals surface area contributed by atoms with Crippen molar-refractivity contribution < 1.29 is 37.9 Å². The average Bonchev–Trinajstić information content (AvgIpc) is 3.10. The van der Waals surface area contributed by atoms with Gasteiger partial charge in [-0.05, 0) is 17.7 Å². The number of sulfone groups is 1. The second-order valence-electron chi connectivity index (χ2n) is 6.23. The number of carboxylic acids is 2. The number of carboxylic acid groups (broad SMARTS) is 2. The van der Waals surface area contributed by atoms with E-state index in [1.807, 2.05) is 0 Å². The fraction of sp³-hybridized carbons (Fsp3) is 0.438. The number of hydrogen-bond donors (Lipinski definition) is 2. The number of hydrogen-bond acceptors (Lipinski definition) is 8. The normalized spacial score (nSPS) is 19.1. The zero-order valence-corrected chi connectivity index (χ0v) is 16.6. The van der Waals surface area contributed by atoms with Crippen molar-refractivity contribution in [2.75, 3.05) is 17.3 Å². The van der Waals surface area contributed by atoms with Gasteiger partial charge >= 0.3 is 11.9 Å². The molecule has 1 aliphatic rings. The zero-order chi connectivity index (χ0) is 21.8. The fourth-order valence-electron chi connectivity index (χ4n) is 2.74. The number of rotatable bonds is 9. The third-order valence-corrected chi connectivity index (χ3v) is 7.19. The van der Waals surface area contributed by atoms with E-state index in [1.165, 1.54) is 24.3 Å². The number of non-ortho nitro benzene ring substituents is 1. The largest absolute Gasteiger partial charge is 0.481 e. The third kappa shape index (κ3) is 5.90. The van der Waals surface area contributed by atoms with Crippen LogP contribution in [0.15, 0.2) is 24.3 Å². The highest BCUT2D eigenvalue weighted by Gasteiger charge is 2.42. The molecule has 2 N–H and O–H groups in total. The Morgan fingerprint density at radius 1 is 1.14 bits per heavy atom. The standard InChI is InChI=1S/C16H18N2O9S2/c19-13(5-7-29(26,27)8-6-14(20)21)17-12(16(22)23)9-28-15(17)10-1-3-11(4-2-10)18(24)25/h1-4,12,15H,5-9H2,(H,20,21)(H,22,23)/t12-,15?/m0/s1. The highest BCUT2D eigenvalue weighted by atomic mass is 32.2. The summed E-state index contributed by atoms with van der Waals surface area (Å²) in [6, 6.07) is 4.15. The Hall–Kier alpha value is -2.67. The molecule has 11 nitrogen and oxygen atoms in total. The van der Waals surface area contributed by atoms with Gasteiger partial charge in [-0.2, -0.15) is 0 Å². The molecule has 1 unspecified atom stereocenters. The summed E-state index contributed by atoms with van der Waals surface area (Å²) in [5.41, 5.74) is 0.320. The molecule has 2 rings (SSSR count). The molecule has 1 aliphatic heterocycles. The molecule has 13 heteroatoms. The van der Waals surface area contributed by atoms with Crippen molar-refractivity contribution >= 4 is 45.1 Å². The molecule has 0 aliphatic carbocycles. The van der Waals surface area contributed by atoms with Crippen molar-refractivity contribution in [3.05, 3.63) is 39.9 Å². The van der Waals surface area contributed by atoms with Gasteiger partial charge < -0.3 is 15.1 Å². The molecule has 0 aromatic heterocycles. The average molecular weight is 446 g/mol. The van der Waals surface area contributed by atoms with Crippen LogP contribution in [-0.2, 0) is 24.2 Å². The van der Waals surface area contributed by atoms with Crippen LogP contribution in [0.25, 0.3) is 0 Å². The number of carbonyl (C=O) groups is 3. The van der Waals surface area contributed by atoms with Gasteiger partial charge in [0.25, 0.3) is 5.69 Å². The molecule has 0 spiro atoms. The van der Waals surface area contributed by atoms with Crippen LogP contribution in [0, 0.1) is 10.1 Å². The van der Waals surface area contributed by atoms with Gasteiger partial charge in [-0.3, -0.25) is 19.7 Å². The van der Waals surface area contributed by atoms with Crippen molar-refractivity contribution in [3.8, 4) is 0 Å². The zero-order valence-electron chi connectivity index (χ0n) is 15.0. The van der Waals surface area contributed by atoms with E-state index in [9.17, 15) is 38.0 Å². The van der Waals surface area contributed by atoms with E-state index in [-0.39, 0.29) is 11.4 Å². The summed E-state index contributed by atoms with van der Waals surface area (Å²) in [6.07, 6.45) is -1.07. The number of thioether (sulfide) groups is 1. The molecule has 0 bridgehead atoms. The smallest absolute Gasteiger partial charge is 0.327 e. The predicted octanol–water partition coefficient (Wildman–Crippen LogP) is 0.902. The second kappa shape index (κ2) is 9.22. The molecular formula is C16H18N2O9S2. The van der Waals surface area contributed by atoms with Crippen LogP contribution in [-0.4, -0.2) is 69.6 Å². The summed E-state index contributed by atoms with van der Waals surface area (Å²) in [6.45, 7) is 0. The SMILES string of the molecule is O=C(O)CCS(=O)(=O)CCC(=O)N1C(c2ccc([N+](=O)[O-])cc2)SC[C@H]1C(=O)O. The lowest BCUT2D eigenvalue weighted by Crippen LogP contribution is -2.43. The van der Waals surface area contributed by atoms with Gasteiger partial charge in [0.05, 0.1) is 22.8 Å². The topological polar surface area (TPSA) is 172 Å². The van der Waals surface area contributed by atoms with Gasteiger partial charge in [0.2, 0.25) is 5.91 Å². The van der Waals surface area contributed by atoms with Crippen LogP contribution in [0.2, 0.25) is 0 Å². The van der Waals surface area contributed by atoms with Crippen molar-refractivity contribution in [1.29, 1.82) is 0 Å². The van der Waals surface area contributed by atoms with E-state index in [2.05, 4.69) is 0 Å². The summed E-state index contributed by atoms with van der Waals surface area (Å²) in [5, 5.41) is 28.1. The minimum absolute atomic E-state index is 0.0779. The van der Waals surface area contributed by atoms with Crippen molar-refractivity contribution in [2.45, 2.75) is 24.3 Å². The van der Waals surface area contributed by atoms with E-state index < -0.39 is 68.4 Å². The Morgan fingerprint density at radius 3 is 2.24 bits per heavy atom. The maximum absolute atomic E-state index is 12.7. The Labute approximate surface area is 169 Å². The molecule has 1 heterocycles. The first-order valence-corrected chi connectivity index (χ1v) is 11.2. The molecule has 1 aromatic rings. The van der Waals surface area contributed by atoms with E-state index >= 15 is 0 Å². The number of carbonyl (C=O) groups excluding carboxylic acids is 1. The van der Waals surface area contributed by atoms with Gasteiger partial charge in [0, 0.05) is 24.3 Å². The summed E-state index contributed by atoms with van der Waals surface area (Å²) in [5.74, 6) is -4.36. The predicted molar refractivity (Wildman–Crippen MR) is 102 cm³/mol. The molecule has 158 valence electrons. The van der Waals surface area contributed by atoms with Crippen LogP contribution >= 0.6 is 11.8 Å². The van der Waals surface area contributed by atoms with Crippen LogP contribution in [0.4, 0.5) is 5.69 Å². The lowest BCUT2D eigenvalue weighted by molar-refractivity contribution is -0.384. The van der Waals surface area contributed by atoms with Crippen LogP contribution in [0.5, 0.6) is 0 Å². The lowest BCUT2D eigenvalue weighted by atomic mass is 10.1. The van der Waals surface area contributed by atoms with Crippen LogP contribution in [0.1, 0.15) is 23.8 Å². The first kappa shape index (κ1) is 22.6. The number of amides is 1. The maximum Gasteiger partial charge on any atom is 0.327 e. The first-order chi connectivity index (χ1) is 13.5. The van der Waals surface area contributed by atoms with Gasteiger partial charge in [0.15, 0.2) is 9.84 Å². The highest BCUT2D eigenvalue weighted by molar-refractivity contribution is 7.99. The molecule has 0 saturated carbocycles. The number of nitro benzene ring substituents is 1. The highest BCUT2D eigenvalue weighted by Crippen LogP contribution is 2.42. The molecule has 1 fully saturated rings. The summed E-state index contributed by atoms with van der Waals surface area (Å²) in [4.78, 5) is 46.0. The molecule has 2 atom stereocenters. The molecule has 1 amide bonds. The summed E-state index contributed by atoms with van der Waals surface area (Å²) < 4.78 is 23.8. The Kier molecular flexibility index (Phi) is 7.19. The van der Waals surface area contributed by atoms with E-state index in [0.29, 0.717) is 5.56 Å². The van der Waals surface area contributed by atoms with Crippen molar-refractivity contribution in [2.24, 2.45) is 0 Å². The van der Waals surface area contributed by atoms with E-state index in [1.54, 1.807) is 0 Å². The minimum Gasteiger partial charge on any atom is -0.481 e.